The van der Waals surface area contributed by atoms with E-state index < -0.39 is 5.97 Å². The molecule has 0 saturated heterocycles. The van der Waals surface area contributed by atoms with Crippen LogP contribution in [0.25, 0.3) is 0 Å². The van der Waals surface area contributed by atoms with E-state index in [1.807, 2.05) is 29.5 Å². The number of benzene rings is 1. The van der Waals surface area contributed by atoms with Gasteiger partial charge in [-0.15, -0.1) is 0 Å². The minimum atomic E-state index is -1.04. The summed E-state index contributed by atoms with van der Waals surface area (Å²) in [5.41, 5.74) is 0.0993. The second-order valence-electron chi connectivity index (χ2n) is 3.12. The summed E-state index contributed by atoms with van der Waals surface area (Å²) in [4.78, 5) is 11.1. The van der Waals surface area contributed by atoms with Gasteiger partial charge in [-0.3, -0.25) is 0 Å². The SMILES string of the molecule is C=CCOc1c(OCC)cc(I)cc1C(=O)O. The maximum atomic E-state index is 11.1. The number of carbonyl (C=O) groups is 1. The number of rotatable bonds is 6. The maximum Gasteiger partial charge on any atom is 0.339 e. The first-order valence-corrected chi connectivity index (χ1v) is 6.11. The predicted molar refractivity (Wildman–Crippen MR) is 73.0 cm³/mol. The van der Waals surface area contributed by atoms with Gasteiger partial charge >= 0.3 is 5.97 Å². The van der Waals surface area contributed by atoms with Crippen LogP contribution in [0.3, 0.4) is 0 Å². The van der Waals surface area contributed by atoms with Gasteiger partial charge in [0.25, 0.3) is 0 Å². The van der Waals surface area contributed by atoms with E-state index in [1.165, 1.54) is 0 Å². The van der Waals surface area contributed by atoms with Gasteiger partial charge in [-0.2, -0.15) is 0 Å². The molecular weight excluding hydrogens is 335 g/mol. The molecule has 1 N–H and O–H groups in total. The first-order valence-electron chi connectivity index (χ1n) is 5.03. The van der Waals surface area contributed by atoms with E-state index in [-0.39, 0.29) is 17.9 Å². The molecule has 1 aromatic carbocycles. The van der Waals surface area contributed by atoms with Gasteiger partial charge in [0.2, 0.25) is 0 Å². The fourth-order valence-corrected chi connectivity index (χ4v) is 1.88. The lowest BCUT2D eigenvalue weighted by Crippen LogP contribution is -2.06. The Balaban J connectivity index is 3.25. The lowest BCUT2D eigenvalue weighted by molar-refractivity contribution is 0.0691. The van der Waals surface area contributed by atoms with Gasteiger partial charge < -0.3 is 14.6 Å². The molecule has 0 aromatic heterocycles. The highest BCUT2D eigenvalue weighted by molar-refractivity contribution is 14.1. The Labute approximate surface area is 113 Å². The average molecular weight is 348 g/mol. The standard InChI is InChI=1S/C12H13IO4/c1-3-5-17-11-9(12(14)15)6-8(13)7-10(11)16-4-2/h3,6-7H,1,4-5H2,2H3,(H,14,15). The summed E-state index contributed by atoms with van der Waals surface area (Å²) in [6.45, 7) is 6.04. The van der Waals surface area contributed by atoms with Crippen LogP contribution in [0.4, 0.5) is 0 Å². The zero-order valence-electron chi connectivity index (χ0n) is 9.40. The molecule has 17 heavy (non-hydrogen) atoms. The van der Waals surface area contributed by atoms with E-state index in [0.29, 0.717) is 12.4 Å². The van der Waals surface area contributed by atoms with Crippen molar-refractivity contribution in [3.05, 3.63) is 33.9 Å². The molecule has 0 aliphatic carbocycles. The van der Waals surface area contributed by atoms with Crippen LogP contribution in [0.1, 0.15) is 17.3 Å². The van der Waals surface area contributed by atoms with E-state index in [9.17, 15) is 4.79 Å². The monoisotopic (exact) mass is 348 g/mol. The first kappa shape index (κ1) is 13.8. The average Bonchev–Trinajstić information content (AvgIpc) is 2.27. The molecule has 1 rings (SSSR count). The molecule has 0 amide bonds. The fourth-order valence-electron chi connectivity index (χ4n) is 1.28. The molecule has 0 radical (unpaired) electrons. The van der Waals surface area contributed by atoms with E-state index in [4.69, 9.17) is 14.6 Å². The minimum Gasteiger partial charge on any atom is -0.490 e. The quantitative estimate of drug-likeness (QED) is 0.634. The molecule has 92 valence electrons. The smallest absolute Gasteiger partial charge is 0.339 e. The van der Waals surface area contributed by atoms with Gasteiger partial charge in [-0.1, -0.05) is 12.7 Å². The van der Waals surface area contributed by atoms with Crippen LogP contribution in [0.2, 0.25) is 0 Å². The topological polar surface area (TPSA) is 55.8 Å². The molecule has 0 atom stereocenters. The van der Waals surface area contributed by atoms with Crippen molar-refractivity contribution in [3.63, 3.8) is 0 Å². The summed E-state index contributed by atoms with van der Waals surface area (Å²) in [7, 11) is 0. The van der Waals surface area contributed by atoms with Crippen molar-refractivity contribution in [3.8, 4) is 11.5 Å². The van der Waals surface area contributed by atoms with Crippen LogP contribution < -0.4 is 9.47 Å². The minimum absolute atomic E-state index is 0.0993. The van der Waals surface area contributed by atoms with Crippen LogP contribution in [0.5, 0.6) is 11.5 Å². The number of ether oxygens (including phenoxy) is 2. The van der Waals surface area contributed by atoms with Crippen molar-refractivity contribution in [2.75, 3.05) is 13.2 Å². The lowest BCUT2D eigenvalue weighted by Gasteiger charge is -2.13. The van der Waals surface area contributed by atoms with Crippen LogP contribution in [0.15, 0.2) is 24.8 Å². The highest BCUT2D eigenvalue weighted by Crippen LogP contribution is 2.33. The fraction of sp³-hybridized carbons (Fsp3) is 0.250. The molecule has 1 aromatic rings. The summed E-state index contributed by atoms with van der Waals surface area (Å²) < 4.78 is 11.5. The highest BCUT2D eigenvalue weighted by Gasteiger charge is 2.18. The Morgan fingerprint density at radius 2 is 2.24 bits per heavy atom. The van der Waals surface area contributed by atoms with Crippen LogP contribution in [0, 0.1) is 3.57 Å². The van der Waals surface area contributed by atoms with Gasteiger partial charge in [0.05, 0.1) is 6.61 Å². The van der Waals surface area contributed by atoms with Crippen molar-refractivity contribution in [2.24, 2.45) is 0 Å². The molecular formula is C12H13IO4. The number of aromatic carboxylic acids is 1. The molecule has 5 heteroatoms. The molecule has 0 fully saturated rings. The van der Waals surface area contributed by atoms with Crippen LogP contribution in [-0.4, -0.2) is 24.3 Å². The Bertz CT molecular complexity index is 429. The van der Waals surface area contributed by atoms with Gasteiger partial charge in [-0.25, -0.2) is 4.79 Å². The zero-order valence-corrected chi connectivity index (χ0v) is 11.6. The van der Waals surface area contributed by atoms with Crippen LogP contribution >= 0.6 is 22.6 Å². The Morgan fingerprint density at radius 3 is 2.76 bits per heavy atom. The predicted octanol–water partition coefficient (Wildman–Crippen LogP) is 2.95. The van der Waals surface area contributed by atoms with Crippen molar-refractivity contribution in [1.82, 2.24) is 0 Å². The summed E-state index contributed by atoms with van der Waals surface area (Å²) in [6.07, 6.45) is 1.55. The zero-order chi connectivity index (χ0) is 12.8. The Hall–Kier alpha value is -1.24. The third-order valence-corrected chi connectivity index (χ3v) is 2.52. The molecule has 0 unspecified atom stereocenters. The molecule has 0 saturated carbocycles. The second-order valence-corrected chi connectivity index (χ2v) is 4.36. The summed E-state index contributed by atoms with van der Waals surface area (Å²) in [6, 6.07) is 3.29. The second kappa shape index (κ2) is 6.48. The molecule has 4 nitrogen and oxygen atoms in total. The van der Waals surface area contributed by atoms with Crippen molar-refractivity contribution in [2.45, 2.75) is 6.92 Å². The third kappa shape index (κ3) is 3.62. The first-order chi connectivity index (χ1) is 8.10. The van der Waals surface area contributed by atoms with Gasteiger partial charge in [0.1, 0.15) is 12.2 Å². The van der Waals surface area contributed by atoms with E-state index in [0.717, 1.165) is 3.57 Å². The summed E-state index contributed by atoms with van der Waals surface area (Å²) in [5.74, 6) is -0.346. The van der Waals surface area contributed by atoms with E-state index in [2.05, 4.69) is 6.58 Å². The number of hydrogen-bond acceptors (Lipinski definition) is 3. The van der Waals surface area contributed by atoms with E-state index in [1.54, 1.807) is 18.2 Å². The van der Waals surface area contributed by atoms with Gasteiger partial charge in [-0.05, 0) is 41.6 Å². The summed E-state index contributed by atoms with van der Waals surface area (Å²) >= 11 is 2.04. The lowest BCUT2D eigenvalue weighted by atomic mass is 10.2. The molecule has 0 aliphatic heterocycles. The Morgan fingerprint density at radius 1 is 1.53 bits per heavy atom. The largest absolute Gasteiger partial charge is 0.490 e. The van der Waals surface area contributed by atoms with Gasteiger partial charge in [0.15, 0.2) is 11.5 Å². The number of hydrogen-bond donors (Lipinski definition) is 1. The van der Waals surface area contributed by atoms with Crippen molar-refractivity contribution in [1.29, 1.82) is 0 Å². The molecule has 0 bridgehead atoms. The van der Waals surface area contributed by atoms with E-state index >= 15 is 0 Å². The highest BCUT2D eigenvalue weighted by atomic mass is 127. The van der Waals surface area contributed by atoms with Crippen molar-refractivity contribution >= 4 is 28.6 Å². The maximum absolute atomic E-state index is 11.1. The number of carboxylic acid groups (broad SMARTS) is 1. The number of halogens is 1. The number of carboxylic acids is 1. The van der Waals surface area contributed by atoms with Crippen LogP contribution in [-0.2, 0) is 0 Å². The normalized spacial score (nSPS) is 9.76. The molecule has 0 aliphatic rings. The molecule has 0 spiro atoms. The summed E-state index contributed by atoms with van der Waals surface area (Å²) in [5, 5.41) is 9.12. The Kier molecular flexibility index (Phi) is 5.27. The van der Waals surface area contributed by atoms with Gasteiger partial charge in [0, 0.05) is 3.57 Å². The van der Waals surface area contributed by atoms with Crippen molar-refractivity contribution < 1.29 is 19.4 Å². The third-order valence-electron chi connectivity index (χ3n) is 1.90. The molecule has 0 heterocycles.